The van der Waals surface area contributed by atoms with Crippen molar-refractivity contribution in [1.29, 1.82) is 0 Å². The molecule has 1 rings (SSSR count). The van der Waals surface area contributed by atoms with Crippen LogP contribution in [0.1, 0.15) is 38.0 Å². The number of aryl methyl sites for hydroxylation is 1. The van der Waals surface area contributed by atoms with E-state index in [-0.39, 0.29) is 5.92 Å². The molecule has 0 aliphatic rings. The van der Waals surface area contributed by atoms with Crippen molar-refractivity contribution in [2.45, 2.75) is 33.8 Å². The van der Waals surface area contributed by atoms with Crippen LogP contribution in [-0.2, 0) is 0 Å². The molecule has 2 atom stereocenters. The van der Waals surface area contributed by atoms with E-state index >= 15 is 0 Å². The van der Waals surface area contributed by atoms with E-state index in [0.29, 0.717) is 5.92 Å². The summed E-state index contributed by atoms with van der Waals surface area (Å²) in [4.78, 5) is 4.09. The second kappa shape index (κ2) is 4.56. The molecule has 0 bridgehead atoms. The summed E-state index contributed by atoms with van der Waals surface area (Å²) in [6.07, 6.45) is 3.15. The molecule has 1 aromatic heterocycles. The summed E-state index contributed by atoms with van der Waals surface area (Å²) in [7, 11) is 0. The van der Waals surface area contributed by atoms with Gasteiger partial charge in [0, 0.05) is 12.4 Å². The normalized spacial score (nSPS) is 15.6. The molecule has 0 aliphatic carbocycles. The summed E-state index contributed by atoms with van der Waals surface area (Å²) >= 11 is 0. The SMILES string of the molecule is Cc1cncc(C(O)C(C)C(C)C)c1. The minimum absolute atomic E-state index is 0.263. The van der Waals surface area contributed by atoms with Crippen LogP contribution in [0.5, 0.6) is 0 Å². The zero-order chi connectivity index (χ0) is 10.7. The first kappa shape index (κ1) is 11.2. The van der Waals surface area contributed by atoms with Crippen molar-refractivity contribution in [2.75, 3.05) is 0 Å². The first-order chi connectivity index (χ1) is 6.52. The van der Waals surface area contributed by atoms with Gasteiger partial charge >= 0.3 is 0 Å². The molecular formula is C12H19NO. The molecule has 1 heterocycles. The van der Waals surface area contributed by atoms with Gasteiger partial charge in [0.2, 0.25) is 0 Å². The predicted molar refractivity (Wildman–Crippen MR) is 57.9 cm³/mol. The van der Waals surface area contributed by atoms with Gasteiger partial charge in [-0.1, -0.05) is 26.8 Å². The Morgan fingerprint density at radius 3 is 2.36 bits per heavy atom. The average Bonchev–Trinajstić information content (AvgIpc) is 2.15. The molecule has 0 radical (unpaired) electrons. The van der Waals surface area contributed by atoms with Crippen LogP contribution in [0.2, 0.25) is 0 Å². The van der Waals surface area contributed by atoms with Gasteiger partial charge in [0.25, 0.3) is 0 Å². The van der Waals surface area contributed by atoms with E-state index in [1.165, 1.54) is 0 Å². The Morgan fingerprint density at radius 2 is 1.86 bits per heavy atom. The molecule has 2 nitrogen and oxygen atoms in total. The van der Waals surface area contributed by atoms with Crippen LogP contribution in [0.25, 0.3) is 0 Å². The average molecular weight is 193 g/mol. The predicted octanol–water partition coefficient (Wildman–Crippen LogP) is 2.72. The quantitative estimate of drug-likeness (QED) is 0.800. The van der Waals surface area contributed by atoms with Gasteiger partial charge in [-0.25, -0.2) is 0 Å². The molecule has 0 amide bonds. The highest BCUT2D eigenvalue weighted by Crippen LogP contribution is 2.27. The van der Waals surface area contributed by atoms with E-state index < -0.39 is 6.10 Å². The monoisotopic (exact) mass is 193 g/mol. The Morgan fingerprint density at radius 1 is 1.21 bits per heavy atom. The van der Waals surface area contributed by atoms with Crippen molar-refractivity contribution in [3.05, 3.63) is 29.6 Å². The number of pyridine rings is 1. The second-order valence-corrected chi connectivity index (χ2v) is 4.34. The van der Waals surface area contributed by atoms with E-state index in [2.05, 4.69) is 25.8 Å². The number of aliphatic hydroxyl groups excluding tert-OH is 1. The molecule has 1 aromatic rings. The van der Waals surface area contributed by atoms with Gasteiger partial charge in [-0.3, -0.25) is 4.98 Å². The Labute approximate surface area is 86.0 Å². The van der Waals surface area contributed by atoms with Gasteiger partial charge in [-0.05, 0) is 29.9 Å². The summed E-state index contributed by atoms with van der Waals surface area (Å²) < 4.78 is 0. The molecule has 0 saturated carbocycles. The van der Waals surface area contributed by atoms with E-state index in [9.17, 15) is 5.11 Å². The van der Waals surface area contributed by atoms with Crippen molar-refractivity contribution in [3.8, 4) is 0 Å². The molecule has 2 heteroatoms. The fourth-order valence-electron chi connectivity index (χ4n) is 1.41. The summed E-state index contributed by atoms with van der Waals surface area (Å²) in [6, 6.07) is 2.00. The molecule has 0 saturated heterocycles. The van der Waals surface area contributed by atoms with Crippen LogP contribution >= 0.6 is 0 Å². The molecule has 78 valence electrons. The minimum Gasteiger partial charge on any atom is -0.388 e. The third kappa shape index (κ3) is 2.55. The number of hydrogen-bond acceptors (Lipinski definition) is 2. The molecular weight excluding hydrogens is 174 g/mol. The third-order valence-corrected chi connectivity index (χ3v) is 2.79. The number of aromatic nitrogens is 1. The highest BCUT2D eigenvalue weighted by atomic mass is 16.3. The van der Waals surface area contributed by atoms with Crippen molar-refractivity contribution in [1.82, 2.24) is 4.98 Å². The molecule has 14 heavy (non-hydrogen) atoms. The number of aliphatic hydroxyl groups is 1. The van der Waals surface area contributed by atoms with E-state index in [0.717, 1.165) is 11.1 Å². The Hall–Kier alpha value is -0.890. The lowest BCUT2D eigenvalue weighted by Gasteiger charge is -2.22. The van der Waals surface area contributed by atoms with E-state index in [1.54, 1.807) is 12.4 Å². The van der Waals surface area contributed by atoms with Crippen LogP contribution in [-0.4, -0.2) is 10.1 Å². The number of rotatable bonds is 3. The smallest absolute Gasteiger partial charge is 0.0832 e. The summed E-state index contributed by atoms with van der Waals surface area (Å²) in [5.74, 6) is 0.740. The van der Waals surface area contributed by atoms with Crippen LogP contribution < -0.4 is 0 Å². The van der Waals surface area contributed by atoms with E-state index in [1.807, 2.05) is 13.0 Å². The van der Waals surface area contributed by atoms with Gasteiger partial charge in [-0.15, -0.1) is 0 Å². The van der Waals surface area contributed by atoms with Gasteiger partial charge in [0.15, 0.2) is 0 Å². The lowest BCUT2D eigenvalue weighted by Crippen LogP contribution is -2.15. The molecule has 0 spiro atoms. The Kier molecular flexibility index (Phi) is 3.64. The van der Waals surface area contributed by atoms with Crippen LogP contribution in [0.4, 0.5) is 0 Å². The minimum atomic E-state index is -0.401. The Balaban J connectivity index is 2.83. The Bertz CT molecular complexity index is 296. The van der Waals surface area contributed by atoms with Crippen molar-refractivity contribution >= 4 is 0 Å². The maximum Gasteiger partial charge on any atom is 0.0832 e. The first-order valence-corrected chi connectivity index (χ1v) is 5.12. The summed E-state index contributed by atoms with van der Waals surface area (Å²) in [5, 5.41) is 10.0. The highest BCUT2D eigenvalue weighted by Gasteiger charge is 2.19. The lowest BCUT2D eigenvalue weighted by atomic mass is 9.88. The van der Waals surface area contributed by atoms with Gasteiger partial charge in [-0.2, -0.15) is 0 Å². The fraction of sp³-hybridized carbons (Fsp3) is 0.583. The summed E-state index contributed by atoms with van der Waals surface area (Å²) in [6.45, 7) is 8.30. The molecule has 1 N–H and O–H groups in total. The third-order valence-electron chi connectivity index (χ3n) is 2.79. The number of nitrogens with zero attached hydrogens (tertiary/aromatic N) is 1. The molecule has 2 unspecified atom stereocenters. The molecule has 0 fully saturated rings. The highest BCUT2D eigenvalue weighted by molar-refractivity contribution is 5.19. The fourth-order valence-corrected chi connectivity index (χ4v) is 1.41. The first-order valence-electron chi connectivity index (χ1n) is 5.12. The van der Waals surface area contributed by atoms with Crippen LogP contribution in [0, 0.1) is 18.8 Å². The molecule has 0 aromatic carbocycles. The van der Waals surface area contributed by atoms with E-state index in [4.69, 9.17) is 0 Å². The lowest BCUT2D eigenvalue weighted by molar-refractivity contribution is 0.0917. The maximum atomic E-state index is 10.0. The topological polar surface area (TPSA) is 33.1 Å². The standard InChI is InChI=1S/C12H19NO/c1-8(2)10(4)12(14)11-5-9(3)6-13-7-11/h5-8,10,12,14H,1-4H3. The number of hydrogen-bond donors (Lipinski definition) is 1. The summed E-state index contributed by atoms with van der Waals surface area (Å²) in [5.41, 5.74) is 2.02. The van der Waals surface area contributed by atoms with Crippen LogP contribution in [0.15, 0.2) is 18.5 Å². The second-order valence-electron chi connectivity index (χ2n) is 4.34. The van der Waals surface area contributed by atoms with Crippen molar-refractivity contribution < 1.29 is 5.11 Å². The van der Waals surface area contributed by atoms with Gasteiger partial charge < -0.3 is 5.11 Å². The maximum absolute atomic E-state index is 10.0. The van der Waals surface area contributed by atoms with Crippen LogP contribution in [0.3, 0.4) is 0 Å². The zero-order valence-electron chi connectivity index (χ0n) is 9.36. The van der Waals surface area contributed by atoms with Gasteiger partial charge in [0.05, 0.1) is 6.10 Å². The largest absolute Gasteiger partial charge is 0.388 e. The zero-order valence-corrected chi connectivity index (χ0v) is 9.36. The van der Waals surface area contributed by atoms with Crippen molar-refractivity contribution in [3.63, 3.8) is 0 Å². The van der Waals surface area contributed by atoms with Crippen molar-refractivity contribution in [2.24, 2.45) is 11.8 Å². The molecule has 0 aliphatic heterocycles. The van der Waals surface area contributed by atoms with Gasteiger partial charge in [0.1, 0.15) is 0 Å².